The number of furan rings is 1. The Bertz CT molecular complexity index is 784. The van der Waals surface area contributed by atoms with Gasteiger partial charge < -0.3 is 14.4 Å². The highest BCUT2D eigenvalue weighted by Crippen LogP contribution is 2.42. The lowest BCUT2D eigenvalue weighted by Gasteiger charge is -2.33. The maximum Gasteiger partial charge on any atom is 0.425 e. The van der Waals surface area contributed by atoms with Crippen molar-refractivity contribution in [2.45, 2.75) is 38.1 Å². The lowest BCUT2D eigenvalue weighted by atomic mass is 9.93. The van der Waals surface area contributed by atoms with Gasteiger partial charge in [0.05, 0.1) is 6.42 Å². The molecule has 0 saturated heterocycles. The van der Waals surface area contributed by atoms with Gasteiger partial charge in [0.2, 0.25) is 11.5 Å². The highest BCUT2D eigenvalue weighted by atomic mass is 19.4. The van der Waals surface area contributed by atoms with Crippen molar-refractivity contribution in [1.29, 1.82) is 0 Å². The Morgan fingerprint density at radius 3 is 2.48 bits per heavy atom. The van der Waals surface area contributed by atoms with Crippen molar-refractivity contribution in [1.82, 2.24) is 4.90 Å². The molecule has 1 N–H and O–H groups in total. The number of halogens is 3. The molecule has 1 aromatic carbocycles. The van der Waals surface area contributed by atoms with Crippen LogP contribution in [0.4, 0.5) is 13.2 Å². The van der Waals surface area contributed by atoms with E-state index in [2.05, 4.69) is 0 Å². The minimum absolute atomic E-state index is 0.233. The van der Waals surface area contributed by atoms with Gasteiger partial charge in [0.15, 0.2) is 0 Å². The van der Waals surface area contributed by atoms with Crippen LogP contribution in [0.2, 0.25) is 0 Å². The van der Waals surface area contributed by atoms with Crippen molar-refractivity contribution >= 4 is 5.91 Å². The first-order chi connectivity index (χ1) is 11.7. The number of hydrogen-bond donors (Lipinski definition) is 1. The lowest BCUT2D eigenvalue weighted by molar-refractivity contribution is -0.274. The minimum Gasteiger partial charge on any atom is -0.463 e. The van der Waals surface area contributed by atoms with Crippen molar-refractivity contribution in [3.8, 4) is 0 Å². The molecular weight excluding hydrogens is 335 g/mol. The average molecular weight is 353 g/mol. The van der Waals surface area contributed by atoms with Gasteiger partial charge in [0.1, 0.15) is 11.5 Å². The molecule has 0 radical (unpaired) electrons. The topological polar surface area (TPSA) is 53.7 Å². The summed E-state index contributed by atoms with van der Waals surface area (Å²) in [5.41, 5.74) is -1.35. The van der Waals surface area contributed by atoms with E-state index in [0.717, 1.165) is 17.2 Å². The van der Waals surface area contributed by atoms with E-state index in [1.54, 1.807) is 0 Å². The highest BCUT2D eigenvalue weighted by molar-refractivity contribution is 5.78. The molecule has 25 heavy (non-hydrogen) atoms. The number of alkyl halides is 3. The Morgan fingerprint density at radius 2 is 1.88 bits per heavy atom. The first kappa shape index (κ1) is 17.5. The molecule has 1 atom stereocenters. The molecule has 0 aliphatic carbocycles. The first-order valence-corrected chi connectivity index (χ1v) is 7.91. The maximum atomic E-state index is 13.5. The third-order valence-electron chi connectivity index (χ3n) is 4.51. The number of carbonyl (C=O) groups is 1. The van der Waals surface area contributed by atoms with Crippen molar-refractivity contribution in [2.24, 2.45) is 0 Å². The monoisotopic (exact) mass is 353 g/mol. The van der Waals surface area contributed by atoms with E-state index in [-0.39, 0.29) is 12.3 Å². The highest BCUT2D eigenvalue weighted by Gasteiger charge is 2.58. The lowest BCUT2D eigenvalue weighted by Crippen LogP contribution is -2.47. The van der Waals surface area contributed by atoms with E-state index in [1.807, 2.05) is 24.3 Å². The van der Waals surface area contributed by atoms with E-state index < -0.39 is 29.9 Å². The smallest absolute Gasteiger partial charge is 0.425 e. The molecule has 1 aliphatic heterocycles. The predicted molar refractivity (Wildman–Crippen MR) is 83.6 cm³/mol. The average Bonchev–Trinajstić information content (AvgIpc) is 3.00. The van der Waals surface area contributed by atoms with E-state index in [4.69, 9.17) is 4.42 Å². The van der Waals surface area contributed by atoms with E-state index >= 15 is 0 Å². The molecule has 2 aromatic rings. The van der Waals surface area contributed by atoms with Crippen molar-refractivity contribution < 1.29 is 27.5 Å². The molecule has 3 rings (SSSR count). The normalized spacial score (nSPS) is 17.1. The molecule has 0 unspecified atom stereocenters. The van der Waals surface area contributed by atoms with Crippen LogP contribution >= 0.6 is 0 Å². The van der Waals surface area contributed by atoms with Crippen LogP contribution in [0.25, 0.3) is 0 Å². The van der Waals surface area contributed by atoms with E-state index in [1.165, 1.54) is 17.9 Å². The number of nitrogens with zero attached hydrogens (tertiary/aromatic N) is 1. The largest absolute Gasteiger partial charge is 0.463 e. The molecule has 4 nitrogen and oxygen atoms in total. The molecule has 0 bridgehead atoms. The molecular formula is C18H18F3NO3. The zero-order valence-electron chi connectivity index (χ0n) is 13.6. The zero-order chi connectivity index (χ0) is 18.2. The van der Waals surface area contributed by atoms with Gasteiger partial charge >= 0.3 is 6.18 Å². The Kier molecular flexibility index (Phi) is 4.36. The summed E-state index contributed by atoms with van der Waals surface area (Å²) in [6.45, 7) is 2.03. The van der Waals surface area contributed by atoms with Gasteiger partial charge in [-0.25, -0.2) is 0 Å². The van der Waals surface area contributed by atoms with Crippen LogP contribution in [-0.2, 0) is 23.4 Å². The molecule has 134 valence electrons. The van der Waals surface area contributed by atoms with Gasteiger partial charge in [-0.15, -0.1) is 0 Å². The van der Waals surface area contributed by atoms with Crippen LogP contribution in [-0.4, -0.2) is 28.6 Å². The van der Waals surface area contributed by atoms with E-state index in [9.17, 15) is 23.1 Å². The van der Waals surface area contributed by atoms with Crippen LogP contribution in [0, 0.1) is 6.92 Å². The fourth-order valence-electron chi connectivity index (χ4n) is 3.02. The minimum atomic E-state index is -5.03. The van der Waals surface area contributed by atoms with Crippen LogP contribution in [0.5, 0.6) is 0 Å². The number of fused-ring (bicyclic) bond motifs is 1. The van der Waals surface area contributed by atoms with Gasteiger partial charge in [-0.3, -0.25) is 4.79 Å². The second-order valence-electron chi connectivity index (χ2n) is 6.28. The number of carbonyl (C=O) groups excluding carboxylic acids is 1. The fourth-order valence-corrected chi connectivity index (χ4v) is 3.02. The zero-order valence-corrected chi connectivity index (χ0v) is 13.6. The number of aliphatic hydroxyl groups is 1. The number of amides is 1. The molecule has 2 heterocycles. The Labute approximate surface area is 142 Å². The van der Waals surface area contributed by atoms with Crippen molar-refractivity contribution in [3.63, 3.8) is 0 Å². The van der Waals surface area contributed by atoms with Crippen LogP contribution in [0.1, 0.15) is 29.1 Å². The molecule has 7 heteroatoms. The first-order valence-electron chi connectivity index (χ1n) is 7.91. The Morgan fingerprint density at radius 1 is 1.20 bits per heavy atom. The summed E-state index contributed by atoms with van der Waals surface area (Å²) >= 11 is 0. The summed E-state index contributed by atoms with van der Waals surface area (Å²) in [5, 5.41) is 10.3. The molecule has 1 aliphatic rings. The molecule has 0 fully saturated rings. The van der Waals surface area contributed by atoms with Crippen LogP contribution in [0.3, 0.4) is 0 Å². The van der Waals surface area contributed by atoms with Gasteiger partial charge in [-0.1, -0.05) is 24.3 Å². The predicted octanol–water partition coefficient (Wildman–Crippen LogP) is 3.31. The number of rotatable bonds is 3. The number of aryl methyl sites for hydroxylation is 1. The maximum absolute atomic E-state index is 13.5. The molecule has 0 spiro atoms. The molecule has 0 saturated carbocycles. The Balaban J connectivity index is 1.82. The van der Waals surface area contributed by atoms with Crippen molar-refractivity contribution in [2.75, 3.05) is 6.54 Å². The summed E-state index contributed by atoms with van der Waals surface area (Å²) in [7, 11) is 0. The van der Waals surface area contributed by atoms with Gasteiger partial charge in [0.25, 0.3) is 0 Å². The van der Waals surface area contributed by atoms with Gasteiger partial charge in [0, 0.05) is 13.1 Å². The molecule has 1 amide bonds. The van der Waals surface area contributed by atoms with Gasteiger partial charge in [-0.05, 0) is 36.6 Å². The third-order valence-corrected chi connectivity index (χ3v) is 4.51. The second-order valence-corrected chi connectivity index (χ2v) is 6.28. The SMILES string of the molecule is Cc1ccc([C@@](O)(CC(=O)N2CCc3ccccc3C2)C(F)(F)F)o1. The fraction of sp³-hybridized carbons (Fsp3) is 0.389. The van der Waals surface area contributed by atoms with Crippen LogP contribution < -0.4 is 0 Å². The standard InChI is InChI=1S/C18H18F3NO3/c1-12-6-7-15(25-12)17(24,18(19,20)21)10-16(23)22-9-8-13-4-2-3-5-14(13)11-22/h2-7,24H,8-11H2,1H3/t17-/m0/s1. The van der Waals surface area contributed by atoms with Crippen molar-refractivity contribution in [3.05, 3.63) is 59.0 Å². The summed E-state index contributed by atoms with van der Waals surface area (Å²) in [6.07, 6.45) is -5.56. The van der Waals surface area contributed by atoms with E-state index in [0.29, 0.717) is 13.0 Å². The summed E-state index contributed by atoms with van der Waals surface area (Å²) in [6, 6.07) is 9.88. The van der Waals surface area contributed by atoms with Gasteiger partial charge in [-0.2, -0.15) is 13.2 Å². The quantitative estimate of drug-likeness (QED) is 0.921. The third kappa shape index (κ3) is 3.28. The number of hydrogen-bond acceptors (Lipinski definition) is 3. The molecule has 1 aromatic heterocycles. The summed E-state index contributed by atoms with van der Waals surface area (Å²) in [5.74, 6) is -1.19. The summed E-state index contributed by atoms with van der Waals surface area (Å²) in [4.78, 5) is 13.8. The Hall–Kier alpha value is -2.28. The summed E-state index contributed by atoms with van der Waals surface area (Å²) < 4.78 is 45.4. The number of benzene rings is 1. The van der Waals surface area contributed by atoms with Crippen LogP contribution in [0.15, 0.2) is 40.8 Å². The second kappa shape index (κ2) is 6.22.